The number of rotatable bonds is 7. The summed E-state index contributed by atoms with van der Waals surface area (Å²) >= 11 is 0. The van der Waals surface area contributed by atoms with Crippen molar-refractivity contribution >= 4 is 22.9 Å². The van der Waals surface area contributed by atoms with Crippen molar-refractivity contribution in [1.29, 1.82) is 0 Å². The van der Waals surface area contributed by atoms with Gasteiger partial charge in [-0.2, -0.15) is 9.97 Å². The van der Waals surface area contributed by atoms with Gasteiger partial charge in [-0.05, 0) is 26.7 Å². The van der Waals surface area contributed by atoms with Crippen LogP contribution in [-0.4, -0.2) is 43.7 Å². The zero-order chi connectivity index (χ0) is 14.5. The number of nitrogens with zero attached hydrogens (tertiary/aromatic N) is 3. The maximum absolute atomic E-state index is 9.44. The van der Waals surface area contributed by atoms with Crippen molar-refractivity contribution in [3.63, 3.8) is 0 Å². The Morgan fingerprint density at radius 3 is 2.85 bits per heavy atom. The Bertz CT molecular complexity index is 553. The molecule has 0 aliphatic heterocycles. The second-order valence-corrected chi connectivity index (χ2v) is 5.05. The summed E-state index contributed by atoms with van der Waals surface area (Å²) in [4.78, 5) is 16.0. The molecule has 2 unspecified atom stereocenters. The summed E-state index contributed by atoms with van der Waals surface area (Å²) in [5.74, 6) is 1.28. The van der Waals surface area contributed by atoms with E-state index in [-0.39, 0.29) is 12.1 Å². The summed E-state index contributed by atoms with van der Waals surface area (Å²) in [6.07, 6.45) is 2.91. The summed E-state index contributed by atoms with van der Waals surface area (Å²) < 4.78 is 0. The van der Waals surface area contributed by atoms with E-state index in [9.17, 15) is 5.11 Å². The van der Waals surface area contributed by atoms with Crippen LogP contribution in [0.5, 0.6) is 0 Å². The molecular weight excluding hydrogens is 256 g/mol. The molecule has 0 amide bonds. The fourth-order valence-corrected chi connectivity index (χ4v) is 2.06. The van der Waals surface area contributed by atoms with Crippen molar-refractivity contribution in [2.24, 2.45) is 0 Å². The highest BCUT2D eigenvalue weighted by Crippen LogP contribution is 2.20. The number of hydrogen-bond acceptors (Lipinski definition) is 6. The Kier molecular flexibility index (Phi) is 4.73. The highest BCUT2D eigenvalue weighted by atomic mass is 16.3. The number of aromatic nitrogens is 4. The summed E-state index contributed by atoms with van der Waals surface area (Å²) in [6, 6.07) is 0.107. The van der Waals surface area contributed by atoms with Gasteiger partial charge in [0.1, 0.15) is 5.52 Å². The number of H-pyrrole nitrogens is 1. The van der Waals surface area contributed by atoms with Crippen molar-refractivity contribution in [2.75, 3.05) is 17.2 Å². The average Bonchev–Trinajstić information content (AvgIpc) is 2.83. The third kappa shape index (κ3) is 3.57. The molecule has 2 aromatic heterocycles. The Balaban J connectivity index is 2.22. The highest BCUT2D eigenvalue weighted by molar-refractivity contribution is 5.83. The number of nitrogens with one attached hydrogen (secondary N) is 3. The number of aromatic amines is 1. The van der Waals surface area contributed by atoms with E-state index in [4.69, 9.17) is 0 Å². The Morgan fingerprint density at radius 2 is 2.15 bits per heavy atom. The van der Waals surface area contributed by atoms with E-state index in [2.05, 4.69) is 37.5 Å². The van der Waals surface area contributed by atoms with Crippen LogP contribution in [0.3, 0.4) is 0 Å². The minimum absolute atomic E-state index is 0.107. The highest BCUT2D eigenvalue weighted by Gasteiger charge is 2.13. The number of anilines is 2. The number of imidazole rings is 1. The molecule has 0 aromatic carbocycles. The fourth-order valence-electron chi connectivity index (χ4n) is 2.06. The second-order valence-electron chi connectivity index (χ2n) is 5.05. The molecule has 0 fully saturated rings. The lowest BCUT2D eigenvalue weighted by molar-refractivity contribution is 0.179. The van der Waals surface area contributed by atoms with Crippen LogP contribution in [0, 0.1) is 0 Å². The molecule has 4 N–H and O–H groups in total. The Hall–Kier alpha value is -1.89. The maximum atomic E-state index is 9.44. The molecule has 2 rings (SSSR count). The van der Waals surface area contributed by atoms with Crippen LogP contribution in [0.25, 0.3) is 11.2 Å². The van der Waals surface area contributed by atoms with Gasteiger partial charge in [0.05, 0.1) is 12.4 Å². The van der Waals surface area contributed by atoms with Gasteiger partial charge in [0, 0.05) is 12.6 Å². The zero-order valence-electron chi connectivity index (χ0n) is 12.1. The summed E-state index contributed by atoms with van der Waals surface area (Å²) in [5, 5.41) is 15.9. The van der Waals surface area contributed by atoms with Gasteiger partial charge in [-0.3, -0.25) is 0 Å². The SMILES string of the molecule is CCCNc1nc(NC(C)CC(C)O)c2[nH]cnc2n1. The number of aliphatic hydroxyl groups excluding tert-OH is 1. The van der Waals surface area contributed by atoms with Crippen molar-refractivity contribution < 1.29 is 5.11 Å². The molecule has 110 valence electrons. The molecule has 0 radical (unpaired) electrons. The number of aliphatic hydroxyl groups is 1. The predicted octanol–water partition coefficient (Wildman–Crippen LogP) is 1.75. The molecule has 20 heavy (non-hydrogen) atoms. The van der Waals surface area contributed by atoms with Crippen molar-refractivity contribution in [3.05, 3.63) is 6.33 Å². The molecule has 2 aromatic rings. The third-order valence-corrected chi connectivity index (χ3v) is 2.90. The average molecular weight is 278 g/mol. The summed E-state index contributed by atoms with van der Waals surface area (Å²) in [6.45, 7) is 6.69. The first-order valence-corrected chi connectivity index (χ1v) is 6.99. The lowest BCUT2D eigenvalue weighted by Gasteiger charge is -2.16. The molecule has 2 atom stereocenters. The normalized spacial score (nSPS) is 14.2. The number of fused-ring (bicyclic) bond motifs is 1. The van der Waals surface area contributed by atoms with Crippen molar-refractivity contribution in [3.8, 4) is 0 Å². The van der Waals surface area contributed by atoms with E-state index in [0.717, 1.165) is 18.5 Å². The van der Waals surface area contributed by atoms with E-state index in [1.807, 2.05) is 6.92 Å². The Labute approximate surface area is 118 Å². The lowest BCUT2D eigenvalue weighted by Crippen LogP contribution is -2.22. The van der Waals surface area contributed by atoms with E-state index < -0.39 is 0 Å². The molecule has 0 saturated carbocycles. The van der Waals surface area contributed by atoms with E-state index in [1.54, 1.807) is 13.3 Å². The van der Waals surface area contributed by atoms with Gasteiger partial charge in [-0.1, -0.05) is 6.92 Å². The van der Waals surface area contributed by atoms with E-state index in [0.29, 0.717) is 23.8 Å². The van der Waals surface area contributed by atoms with Crippen LogP contribution in [0.2, 0.25) is 0 Å². The van der Waals surface area contributed by atoms with Gasteiger partial charge in [-0.15, -0.1) is 0 Å². The molecule has 7 heteroatoms. The second kappa shape index (κ2) is 6.51. The molecular formula is C13H22N6O. The van der Waals surface area contributed by atoms with E-state index in [1.165, 1.54) is 0 Å². The monoisotopic (exact) mass is 278 g/mol. The van der Waals surface area contributed by atoms with Crippen LogP contribution >= 0.6 is 0 Å². The quantitative estimate of drug-likeness (QED) is 0.616. The molecule has 0 spiro atoms. The number of hydrogen-bond donors (Lipinski definition) is 4. The van der Waals surface area contributed by atoms with Crippen molar-refractivity contribution in [2.45, 2.75) is 45.8 Å². The fraction of sp³-hybridized carbons (Fsp3) is 0.615. The smallest absolute Gasteiger partial charge is 0.226 e. The molecule has 2 heterocycles. The lowest BCUT2D eigenvalue weighted by atomic mass is 10.1. The molecule has 7 nitrogen and oxygen atoms in total. The largest absolute Gasteiger partial charge is 0.393 e. The minimum Gasteiger partial charge on any atom is -0.393 e. The van der Waals surface area contributed by atoms with Gasteiger partial charge in [0.15, 0.2) is 11.5 Å². The zero-order valence-corrected chi connectivity index (χ0v) is 12.1. The third-order valence-electron chi connectivity index (χ3n) is 2.90. The van der Waals surface area contributed by atoms with Crippen molar-refractivity contribution in [1.82, 2.24) is 19.9 Å². The molecule has 0 aliphatic carbocycles. The van der Waals surface area contributed by atoms with Gasteiger partial charge in [-0.25, -0.2) is 4.98 Å². The molecule has 0 aliphatic rings. The first-order chi connectivity index (χ1) is 9.60. The van der Waals surface area contributed by atoms with E-state index >= 15 is 0 Å². The van der Waals surface area contributed by atoms with Gasteiger partial charge in [0.2, 0.25) is 5.95 Å². The first-order valence-electron chi connectivity index (χ1n) is 6.99. The standard InChI is InChI=1S/C13H22N6O/c1-4-5-14-13-18-11-10(15-7-16-11)12(19-13)17-8(2)6-9(3)20/h7-9,20H,4-6H2,1-3H3,(H3,14,15,16,17,18,19). The van der Waals surface area contributed by atoms with Crippen LogP contribution in [0.1, 0.15) is 33.6 Å². The van der Waals surface area contributed by atoms with Gasteiger partial charge >= 0.3 is 0 Å². The van der Waals surface area contributed by atoms with Gasteiger partial charge < -0.3 is 20.7 Å². The van der Waals surface area contributed by atoms with Crippen LogP contribution in [-0.2, 0) is 0 Å². The topological polar surface area (TPSA) is 98.8 Å². The first kappa shape index (κ1) is 14.5. The van der Waals surface area contributed by atoms with Gasteiger partial charge in [0.25, 0.3) is 0 Å². The van der Waals surface area contributed by atoms with Crippen LogP contribution in [0.15, 0.2) is 6.33 Å². The minimum atomic E-state index is -0.353. The van der Waals surface area contributed by atoms with Crippen LogP contribution in [0.4, 0.5) is 11.8 Å². The Morgan fingerprint density at radius 1 is 1.35 bits per heavy atom. The predicted molar refractivity (Wildman–Crippen MR) is 79.8 cm³/mol. The van der Waals surface area contributed by atoms with Crippen LogP contribution < -0.4 is 10.6 Å². The molecule has 0 bridgehead atoms. The molecule has 0 saturated heterocycles. The maximum Gasteiger partial charge on any atom is 0.226 e. The summed E-state index contributed by atoms with van der Waals surface area (Å²) in [5.41, 5.74) is 1.41. The summed E-state index contributed by atoms with van der Waals surface area (Å²) in [7, 11) is 0.